The highest BCUT2D eigenvalue weighted by molar-refractivity contribution is 5.83. The third-order valence-corrected chi connectivity index (χ3v) is 6.51. The van der Waals surface area contributed by atoms with Gasteiger partial charge < -0.3 is 31.7 Å². The van der Waals surface area contributed by atoms with Crippen LogP contribution in [0.2, 0.25) is 0 Å². The van der Waals surface area contributed by atoms with E-state index < -0.39 is 12.0 Å². The van der Waals surface area contributed by atoms with Gasteiger partial charge >= 0.3 is 5.97 Å². The summed E-state index contributed by atoms with van der Waals surface area (Å²) < 4.78 is 0. The van der Waals surface area contributed by atoms with Gasteiger partial charge in [-0.3, -0.25) is 14.4 Å². The molecule has 0 spiro atoms. The van der Waals surface area contributed by atoms with Crippen molar-refractivity contribution >= 4 is 17.8 Å². The number of hydrogen-bond donors (Lipinski definition) is 6. The zero-order valence-electron chi connectivity index (χ0n) is 24.3. The maximum absolute atomic E-state index is 12.9. The molecule has 0 aliphatic carbocycles. The first-order valence-electron chi connectivity index (χ1n) is 14.7. The van der Waals surface area contributed by atoms with E-state index in [1.807, 2.05) is 6.92 Å². The first-order chi connectivity index (χ1) is 17.7. The standard InChI is InChI=1S/C28H57N5O4/c1-6-9-12-15-23(5)32-24(16-17-26(34)35)27(36)30-19-20-31-28(37)25(21-29-18-13-10-7-2)33-22(4)14-11-8-3/h22-25,29,32-33H,6-21H2,1-5H3,(H,30,36)(H,31,37)(H,34,35)/t22?,23?,24-,25-/m0/s1. The number of rotatable bonds is 25. The van der Waals surface area contributed by atoms with Crippen LogP contribution in [0.5, 0.6) is 0 Å². The Bertz CT molecular complexity index is 605. The number of aliphatic carboxylic acids is 1. The summed E-state index contributed by atoms with van der Waals surface area (Å²) in [6.45, 7) is 12.7. The Labute approximate surface area is 226 Å². The van der Waals surface area contributed by atoms with Gasteiger partial charge in [0.25, 0.3) is 0 Å². The van der Waals surface area contributed by atoms with E-state index in [-0.39, 0.29) is 42.8 Å². The van der Waals surface area contributed by atoms with Crippen LogP contribution >= 0.6 is 0 Å². The van der Waals surface area contributed by atoms with E-state index in [4.69, 9.17) is 5.11 Å². The molecule has 0 saturated heterocycles. The van der Waals surface area contributed by atoms with E-state index in [1.54, 1.807) is 0 Å². The second kappa shape index (κ2) is 23.4. The molecule has 2 amide bonds. The van der Waals surface area contributed by atoms with Crippen LogP contribution in [0, 0.1) is 0 Å². The quantitative estimate of drug-likeness (QED) is 0.100. The van der Waals surface area contributed by atoms with Gasteiger partial charge in [0.15, 0.2) is 0 Å². The number of carboxylic acid groups (broad SMARTS) is 1. The molecule has 9 heteroatoms. The second-order valence-corrected chi connectivity index (χ2v) is 10.3. The summed E-state index contributed by atoms with van der Waals surface area (Å²) in [7, 11) is 0. The molecule has 0 aliphatic heterocycles. The summed E-state index contributed by atoms with van der Waals surface area (Å²) in [5, 5.41) is 25.0. The molecule has 0 saturated carbocycles. The summed E-state index contributed by atoms with van der Waals surface area (Å²) in [4.78, 5) is 36.7. The normalized spacial score (nSPS) is 14.5. The van der Waals surface area contributed by atoms with Gasteiger partial charge in [-0.1, -0.05) is 65.7 Å². The lowest BCUT2D eigenvalue weighted by Crippen LogP contribution is -2.54. The Morgan fingerprint density at radius 2 is 1.16 bits per heavy atom. The van der Waals surface area contributed by atoms with Crippen molar-refractivity contribution < 1.29 is 19.5 Å². The molecule has 218 valence electrons. The minimum Gasteiger partial charge on any atom is -0.481 e. The third-order valence-electron chi connectivity index (χ3n) is 6.51. The van der Waals surface area contributed by atoms with Crippen molar-refractivity contribution in [2.75, 3.05) is 26.2 Å². The molecular weight excluding hydrogens is 470 g/mol. The lowest BCUT2D eigenvalue weighted by Gasteiger charge is -2.24. The number of amides is 2. The Balaban J connectivity index is 4.71. The monoisotopic (exact) mass is 527 g/mol. The second-order valence-electron chi connectivity index (χ2n) is 10.3. The number of carboxylic acids is 1. The summed E-state index contributed by atoms with van der Waals surface area (Å²) in [6, 6.07) is -0.530. The minimum atomic E-state index is -0.916. The fourth-order valence-electron chi connectivity index (χ4n) is 4.21. The average molecular weight is 528 g/mol. The van der Waals surface area contributed by atoms with Crippen LogP contribution in [0.15, 0.2) is 0 Å². The molecule has 0 aromatic rings. The number of carbonyl (C=O) groups excluding carboxylic acids is 2. The van der Waals surface area contributed by atoms with Crippen LogP contribution in [0.3, 0.4) is 0 Å². The van der Waals surface area contributed by atoms with Crippen molar-refractivity contribution in [2.24, 2.45) is 0 Å². The molecular formula is C28H57N5O4. The highest BCUT2D eigenvalue weighted by Crippen LogP contribution is 2.06. The highest BCUT2D eigenvalue weighted by atomic mass is 16.4. The molecule has 0 heterocycles. The lowest BCUT2D eigenvalue weighted by molar-refractivity contribution is -0.137. The molecule has 9 nitrogen and oxygen atoms in total. The van der Waals surface area contributed by atoms with E-state index in [0.717, 1.165) is 64.3 Å². The maximum Gasteiger partial charge on any atom is 0.303 e. The summed E-state index contributed by atoms with van der Waals surface area (Å²) >= 11 is 0. The van der Waals surface area contributed by atoms with Crippen LogP contribution in [-0.2, 0) is 14.4 Å². The van der Waals surface area contributed by atoms with Crippen molar-refractivity contribution in [3.63, 3.8) is 0 Å². The van der Waals surface area contributed by atoms with Crippen molar-refractivity contribution in [3.8, 4) is 0 Å². The van der Waals surface area contributed by atoms with Gasteiger partial charge in [-0.2, -0.15) is 0 Å². The van der Waals surface area contributed by atoms with Crippen LogP contribution in [0.4, 0.5) is 0 Å². The molecule has 6 N–H and O–H groups in total. The Kier molecular flexibility index (Phi) is 22.3. The van der Waals surface area contributed by atoms with Crippen molar-refractivity contribution in [2.45, 2.75) is 136 Å². The first-order valence-corrected chi connectivity index (χ1v) is 14.7. The first kappa shape index (κ1) is 35.3. The van der Waals surface area contributed by atoms with Gasteiger partial charge in [0, 0.05) is 38.1 Å². The molecule has 0 rings (SSSR count). The molecule has 2 unspecified atom stereocenters. The largest absolute Gasteiger partial charge is 0.481 e. The smallest absolute Gasteiger partial charge is 0.303 e. The van der Waals surface area contributed by atoms with E-state index in [9.17, 15) is 14.4 Å². The van der Waals surface area contributed by atoms with Gasteiger partial charge in [-0.05, 0) is 46.1 Å². The lowest BCUT2D eigenvalue weighted by atomic mass is 10.1. The van der Waals surface area contributed by atoms with Gasteiger partial charge in [0.1, 0.15) is 0 Å². The summed E-state index contributed by atoms with van der Waals surface area (Å²) in [5.74, 6) is -1.22. The Hall–Kier alpha value is -1.71. The Morgan fingerprint density at radius 3 is 1.73 bits per heavy atom. The fourth-order valence-corrected chi connectivity index (χ4v) is 4.21. The number of nitrogens with one attached hydrogen (secondary N) is 5. The van der Waals surface area contributed by atoms with E-state index >= 15 is 0 Å². The van der Waals surface area contributed by atoms with Crippen LogP contribution in [-0.4, -0.2) is 73.2 Å². The molecule has 0 aromatic heterocycles. The number of unbranched alkanes of at least 4 members (excludes halogenated alkanes) is 5. The van der Waals surface area contributed by atoms with Crippen LogP contribution in [0.1, 0.15) is 112 Å². The number of hydrogen-bond acceptors (Lipinski definition) is 6. The topological polar surface area (TPSA) is 132 Å². The third kappa shape index (κ3) is 20.0. The van der Waals surface area contributed by atoms with Gasteiger partial charge in [-0.25, -0.2) is 0 Å². The van der Waals surface area contributed by atoms with Crippen molar-refractivity contribution in [3.05, 3.63) is 0 Å². The van der Waals surface area contributed by atoms with Gasteiger partial charge in [0.05, 0.1) is 12.1 Å². The zero-order valence-corrected chi connectivity index (χ0v) is 24.3. The molecule has 4 atom stereocenters. The molecule has 0 radical (unpaired) electrons. The van der Waals surface area contributed by atoms with Gasteiger partial charge in [-0.15, -0.1) is 0 Å². The van der Waals surface area contributed by atoms with Crippen LogP contribution in [0.25, 0.3) is 0 Å². The van der Waals surface area contributed by atoms with Crippen LogP contribution < -0.4 is 26.6 Å². The summed E-state index contributed by atoms with van der Waals surface area (Å²) in [5.41, 5.74) is 0. The van der Waals surface area contributed by atoms with E-state index in [1.165, 1.54) is 6.42 Å². The molecule has 0 aliphatic rings. The molecule has 37 heavy (non-hydrogen) atoms. The highest BCUT2D eigenvalue weighted by Gasteiger charge is 2.22. The van der Waals surface area contributed by atoms with Gasteiger partial charge in [0.2, 0.25) is 11.8 Å². The van der Waals surface area contributed by atoms with E-state index in [0.29, 0.717) is 19.6 Å². The fraction of sp³-hybridized carbons (Fsp3) is 0.893. The maximum atomic E-state index is 12.9. The predicted octanol–water partition coefficient (Wildman–Crippen LogP) is 3.33. The molecule has 0 fully saturated rings. The van der Waals surface area contributed by atoms with Crippen molar-refractivity contribution in [1.82, 2.24) is 26.6 Å². The Morgan fingerprint density at radius 1 is 0.649 bits per heavy atom. The molecule has 0 aromatic carbocycles. The zero-order chi connectivity index (χ0) is 27.9. The average Bonchev–Trinajstić information content (AvgIpc) is 2.86. The van der Waals surface area contributed by atoms with Crippen molar-refractivity contribution in [1.29, 1.82) is 0 Å². The SMILES string of the molecule is CCCCCNC[C@H](NC(C)CCCC)C(=O)NCCNC(=O)[C@H](CCC(=O)O)NC(C)CCCCC. The number of carbonyl (C=O) groups is 3. The summed E-state index contributed by atoms with van der Waals surface area (Å²) in [6.07, 6.45) is 11.1. The molecule has 0 bridgehead atoms. The predicted molar refractivity (Wildman–Crippen MR) is 152 cm³/mol. The minimum absolute atomic E-state index is 0.0711. The van der Waals surface area contributed by atoms with E-state index in [2.05, 4.69) is 54.3 Å².